The van der Waals surface area contributed by atoms with Crippen LogP contribution in [-0.2, 0) is 0 Å². The molecule has 21 heavy (non-hydrogen) atoms. The summed E-state index contributed by atoms with van der Waals surface area (Å²) in [7, 11) is 0. The van der Waals surface area contributed by atoms with Gasteiger partial charge >= 0.3 is 0 Å². The van der Waals surface area contributed by atoms with E-state index in [9.17, 15) is 0 Å². The number of hydrogen-bond donors (Lipinski definition) is 2. The lowest BCUT2D eigenvalue weighted by Crippen LogP contribution is -2.33. The SMILES string of the molecule is CCN(CC)c1nc(N)nc(NCC(CC)(CC)SC)n1. The summed E-state index contributed by atoms with van der Waals surface area (Å²) in [6.07, 6.45) is 4.35. The molecule has 0 aromatic carbocycles. The Bertz CT molecular complexity index is 423. The zero-order chi connectivity index (χ0) is 15.9. The van der Waals surface area contributed by atoms with Crippen molar-refractivity contribution in [3.8, 4) is 0 Å². The lowest BCUT2D eigenvalue weighted by Gasteiger charge is -2.30. The average Bonchev–Trinajstić information content (AvgIpc) is 2.50. The molecule has 3 N–H and O–H groups in total. The van der Waals surface area contributed by atoms with Gasteiger partial charge in [-0.05, 0) is 32.9 Å². The summed E-state index contributed by atoms with van der Waals surface area (Å²) in [5.41, 5.74) is 5.81. The second kappa shape index (κ2) is 8.26. The molecule has 0 spiro atoms. The monoisotopic (exact) mass is 312 g/mol. The maximum Gasteiger partial charge on any atom is 0.231 e. The van der Waals surface area contributed by atoms with E-state index in [2.05, 4.69) is 59.1 Å². The van der Waals surface area contributed by atoms with Gasteiger partial charge < -0.3 is 16.0 Å². The molecule has 0 fully saturated rings. The molecule has 0 aliphatic heterocycles. The van der Waals surface area contributed by atoms with E-state index in [1.807, 2.05) is 11.8 Å². The molecule has 0 atom stereocenters. The van der Waals surface area contributed by atoms with Gasteiger partial charge in [0, 0.05) is 24.4 Å². The Balaban J connectivity index is 2.89. The van der Waals surface area contributed by atoms with Crippen molar-refractivity contribution in [2.24, 2.45) is 0 Å². The van der Waals surface area contributed by atoms with Crippen LogP contribution in [0, 0.1) is 0 Å². The molecule has 7 heteroatoms. The van der Waals surface area contributed by atoms with Crippen molar-refractivity contribution < 1.29 is 0 Å². The minimum Gasteiger partial charge on any atom is -0.368 e. The van der Waals surface area contributed by atoms with Gasteiger partial charge in [-0.2, -0.15) is 26.7 Å². The minimum atomic E-state index is 0.205. The van der Waals surface area contributed by atoms with Gasteiger partial charge in [0.05, 0.1) is 0 Å². The van der Waals surface area contributed by atoms with E-state index in [0.29, 0.717) is 11.9 Å². The lowest BCUT2D eigenvalue weighted by atomic mass is 10.0. The zero-order valence-electron chi connectivity index (χ0n) is 13.8. The first-order valence-electron chi connectivity index (χ1n) is 7.59. The molecule has 0 aliphatic rings. The Labute approximate surface area is 132 Å². The highest BCUT2D eigenvalue weighted by Crippen LogP contribution is 2.30. The van der Waals surface area contributed by atoms with Crippen LogP contribution in [0.15, 0.2) is 0 Å². The molecule has 1 aromatic heterocycles. The summed E-state index contributed by atoms with van der Waals surface area (Å²) < 4.78 is 0.205. The molecule has 0 bridgehead atoms. The molecule has 1 heterocycles. The van der Waals surface area contributed by atoms with Crippen LogP contribution in [0.4, 0.5) is 17.8 Å². The second-order valence-electron chi connectivity index (χ2n) is 4.94. The molecule has 0 radical (unpaired) electrons. The van der Waals surface area contributed by atoms with Gasteiger partial charge in [0.15, 0.2) is 0 Å². The van der Waals surface area contributed by atoms with E-state index < -0.39 is 0 Å². The lowest BCUT2D eigenvalue weighted by molar-refractivity contribution is 0.572. The quantitative estimate of drug-likeness (QED) is 0.725. The van der Waals surface area contributed by atoms with Gasteiger partial charge in [-0.15, -0.1) is 0 Å². The zero-order valence-corrected chi connectivity index (χ0v) is 14.6. The number of aromatic nitrogens is 3. The van der Waals surface area contributed by atoms with E-state index in [0.717, 1.165) is 32.5 Å². The van der Waals surface area contributed by atoms with Gasteiger partial charge in [0.25, 0.3) is 0 Å². The summed E-state index contributed by atoms with van der Waals surface area (Å²) in [5, 5.41) is 3.33. The molecule has 120 valence electrons. The number of nitrogens with one attached hydrogen (secondary N) is 1. The number of hydrogen-bond acceptors (Lipinski definition) is 7. The molecule has 1 rings (SSSR count). The first kappa shape index (κ1) is 17.8. The van der Waals surface area contributed by atoms with Crippen molar-refractivity contribution in [3.05, 3.63) is 0 Å². The third-order valence-electron chi connectivity index (χ3n) is 3.98. The van der Waals surface area contributed by atoms with Crippen LogP contribution in [0.3, 0.4) is 0 Å². The molecule has 0 saturated heterocycles. The first-order valence-corrected chi connectivity index (χ1v) is 8.82. The maximum atomic E-state index is 5.81. The van der Waals surface area contributed by atoms with E-state index in [1.54, 1.807) is 0 Å². The summed E-state index contributed by atoms with van der Waals surface area (Å²) in [4.78, 5) is 15.0. The van der Waals surface area contributed by atoms with Gasteiger partial charge in [-0.3, -0.25) is 0 Å². The Morgan fingerprint density at radius 1 is 1.10 bits per heavy atom. The van der Waals surface area contributed by atoms with Crippen molar-refractivity contribution in [1.29, 1.82) is 0 Å². The van der Waals surface area contributed by atoms with Crippen molar-refractivity contribution >= 4 is 29.6 Å². The van der Waals surface area contributed by atoms with E-state index >= 15 is 0 Å². The van der Waals surface area contributed by atoms with Crippen molar-refractivity contribution in [1.82, 2.24) is 15.0 Å². The average molecular weight is 312 g/mol. The first-order chi connectivity index (χ1) is 10.0. The van der Waals surface area contributed by atoms with E-state index in [4.69, 9.17) is 5.73 Å². The van der Waals surface area contributed by atoms with Gasteiger partial charge in [-0.1, -0.05) is 13.8 Å². The van der Waals surface area contributed by atoms with Crippen LogP contribution in [0.2, 0.25) is 0 Å². The third kappa shape index (κ3) is 4.62. The molecular formula is C14H28N6S. The number of rotatable bonds is 9. The second-order valence-corrected chi connectivity index (χ2v) is 6.21. The van der Waals surface area contributed by atoms with Crippen LogP contribution in [-0.4, -0.2) is 45.6 Å². The van der Waals surface area contributed by atoms with Crippen molar-refractivity contribution in [2.45, 2.75) is 45.3 Å². The van der Waals surface area contributed by atoms with Crippen molar-refractivity contribution in [3.63, 3.8) is 0 Å². The van der Waals surface area contributed by atoms with Crippen LogP contribution in [0.5, 0.6) is 0 Å². The maximum absolute atomic E-state index is 5.81. The topological polar surface area (TPSA) is 80.0 Å². The van der Waals surface area contributed by atoms with Crippen molar-refractivity contribution in [2.75, 3.05) is 41.8 Å². The molecule has 1 aromatic rings. The Kier molecular flexibility index (Phi) is 7.01. The molecule has 6 nitrogen and oxygen atoms in total. The number of thioether (sulfide) groups is 1. The summed E-state index contributed by atoms with van der Waals surface area (Å²) in [5.74, 6) is 1.46. The Hall–Kier alpha value is -1.24. The predicted molar refractivity (Wildman–Crippen MR) is 93.1 cm³/mol. The molecule has 0 unspecified atom stereocenters. The smallest absolute Gasteiger partial charge is 0.231 e. The fraction of sp³-hybridized carbons (Fsp3) is 0.786. The van der Waals surface area contributed by atoms with Crippen LogP contribution in [0.1, 0.15) is 40.5 Å². The number of nitrogens with two attached hydrogens (primary N) is 1. The van der Waals surface area contributed by atoms with Gasteiger partial charge in [0.1, 0.15) is 0 Å². The fourth-order valence-corrected chi connectivity index (χ4v) is 3.00. The Morgan fingerprint density at radius 3 is 2.19 bits per heavy atom. The van der Waals surface area contributed by atoms with Crippen LogP contribution in [0.25, 0.3) is 0 Å². The molecule has 0 aliphatic carbocycles. The van der Waals surface area contributed by atoms with Crippen LogP contribution < -0.4 is 16.0 Å². The number of nitrogens with zero attached hydrogens (tertiary/aromatic N) is 4. The van der Waals surface area contributed by atoms with E-state index in [1.165, 1.54) is 0 Å². The standard InChI is InChI=1S/C14H28N6S/c1-6-14(7-2,21-5)10-16-12-17-11(15)18-13(19-12)20(8-3)9-4/h6-10H2,1-5H3,(H3,15,16,17,18,19). The summed E-state index contributed by atoms with van der Waals surface area (Å²) >= 11 is 1.88. The summed E-state index contributed by atoms with van der Waals surface area (Å²) in [6.45, 7) is 11.1. The Morgan fingerprint density at radius 2 is 1.71 bits per heavy atom. The highest BCUT2D eigenvalue weighted by Gasteiger charge is 2.25. The predicted octanol–water partition coefficient (Wildman–Crippen LogP) is 2.63. The fourth-order valence-electron chi connectivity index (χ4n) is 2.21. The van der Waals surface area contributed by atoms with E-state index in [-0.39, 0.29) is 10.7 Å². The minimum absolute atomic E-state index is 0.205. The number of anilines is 3. The molecule has 0 amide bonds. The van der Waals surface area contributed by atoms with Gasteiger partial charge in [0.2, 0.25) is 17.8 Å². The third-order valence-corrected chi connectivity index (χ3v) is 5.57. The van der Waals surface area contributed by atoms with Gasteiger partial charge in [-0.25, -0.2) is 0 Å². The number of nitrogen functional groups attached to an aromatic ring is 1. The largest absolute Gasteiger partial charge is 0.368 e. The molecular weight excluding hydrogens is 284 g/mol. The highest BCUT2D eigenvalue weighted by atomic mass is 32.2. The van der Waals surface area contributed by atoms with Crippen LogP contribution >= 0.6 is 11.8 Å². The highest BCUT2D eigenvalue weighted by molar-refractivity contribution is 8.00. The normalized spacial score (nSPS) is 11.5. The molecule has 0 saturated carbocycles. The summed E-state index contributed by atoms with van der Waals surface area (Å²) in [6, 6.07) is 0.